The van der Waals surface area contributed by atoms with Gasteiger partial charge in [0.15, 0.2) is 0 Å². The summed E-state index contributed by atoms with van der Waals surface area (Å²) < 4.78 is 19.4. The van der Waals surface area contributed by atoms with E-state index in [9.17, 15) is 9.18 Å². The van der Waals surface area contributed by atoms with Crippen LogP contribution in [0.5, 0.6) is 0 Å². The Hall–Kier alpha value is -1.91. The zero-order chi connectivity index (χ0) is 17.5. The van der Waals surface area contributed by atoms with Gasteiger partial charge in [-0.1, -0.05) is 41.9 Å². The number of carbonyl (C=O) groups is 1. The normalized spacial score (nSPS) is 10.9. The van der Waals surface area contributed by atoms with Gasteiger partial charge in [-0.2, -0.15) is 0 Å². The number of ether oxygens (including phenoxy) is 1. The van der Waals surface area contributed by atoms with E-state index < -0.39 is 5.82 Å². The maximum atomic E-state index is 13.7. The predicted molar refractivity (Wildman–Crippen MR) is 93.3 cm³/mol. The maximum absolute atomic E-state index is 13.7. The fraction of sp³-hybridized carbons (Fsp3) is 0.316. The average molecular weight is 350 g/mol. The van der Waals surface area contributed by atoms with Crippen molar-refractivity contribution in [2.75, 3.05) is 0 Å². The van der Waals surface area contributed by atoms with Gasteiger partial charge in [0.1, 0.15) is 5.82 Å². The second-order valence-electron chi connectivity index (χ2n) is 5.78. The van der Waals surface area contributed by atoms with Crippen LogP contribution in [0.3, 0.4) is 0 Å². The molecule has 0 heterocycles. The molecule has 1 N–H and O–H groups in total. The van der Waals surface area contributed by atoms with Gasteiger partial charge >= 0.3 is 0 Å². The minimum Gasteiger partial charge on any atom is -0.374 e. The first kappa shape index (κ1) is 18.4. The van der Waals surface area contributed by atoms with E-state index in [4.69, 9.17) is 16.3 Å². The Kier molecular flexibility index (Phi) is 6.76. The number of carbonyl (C=O) groups excluding carboxylic acids is 1. The maximum Gasteiger partial charge on any atom is 0.224 e. The third-order valence-corrected chi connectivity index (χ3v) is 3.92. The molecule has 2 aromatic carbocycles. The summed E-state index contributed by atoms with van der Waals surface area (Å²) in [6.45, 7) is 4.80. The van der Waals surface area contributed by atoms with Crippen LogP contribution in [0.15, 0.2) is 42.5 Å². The molecule has 1 amide bonds. The van der Waals surface area contributed by atoms with Gasteiger partial charge in [0.25, 0.3) is 0 Å². The molecule has 0 radical (unpaired) electrons. The molecule has 2 aromatic rings. The highest BCUT2D eigenvalue weighted by Crippen LogP contribution is 2.19. The van der Waals surface area contributed by atoms with E-state index in [-0.39, 0.29) is 29.0 Å². The van der Waals surface area contributed by atoms with E-state index in [0.29, 0.717) is 13.2 Å². The van der Waals surface area contributed by atoms with Crippen LogP contribution in [0.2, 0.25) is 5.02 Å². The fourth-order valence-electron chi connectivity index (χ4n) is 2.25. The summed E-state index contributed by atoms with van der Waals surface area (Å²) >= 11 is 5.95. The van der Waals surface area contributed by atoms with Crippen molar-refractivity contribution in [3.05, 3.63) is 70.0 Å². The lowest BCUT2D eigenvalue weighted by Crippen LogP contribution is -2.25. The third kappa shape index (κ3) is 5.32. The van der Waals surface area contributed by atoms with Gasteiger partial charge in [-0.05, 0) is 37.1 Å². The Morgan fingerprint density at radius 1 is 1.17 bits per heavy atom. The number of rotatable bonds is 7. The van der Waals surface area contributed by atoms with Gasteiger partial charge < -0.3 is 10.1 Å². The first-order valence-corrected chi connectivity index (χ1v) is 8.23. The van der Waals surface area contributed by atoms with Gasteiger partial charge in [0.2, 0.25) is 5.91 Å². The average Bonchev–Trinajstić information content (AvgIpc) is 2.55. The first-order valence-electron chi connectivity index (χ1n) is 7.85. The van der Waals surface area contributed by atoms with E-state index >= 15 is 0 Å². The van der Waals surface area contributed by atoms with Gasteiger partial charge in [-0.15, -0.1) is 0 Å². The van der Waals surface area contributed by atoms with Crippen LogP contribution < -0.4 is 5.32 Å². The summed E-state index contributed by atoms with van der Waals surface area (Å²) in [5.74, 6) is -0.745. The summed E-state index contributed by atoms with van der Waals surface area (Å²) in [6, 6.07) is 12.1. The van der Waals surface area contributed by atoms with Crippen molar-refractivity contribution in [3.8, 4) is 0 Å². The predicted octanol–water partition coefficient (Wildman–Crippen LogP) is 4.26. The van der Waals surface area contributed by atoms with E-state index in [0.717, 1.165) is 11.1 Å². The topological polar surface area (TPSA) is 38.3 Å². The molecular weight excluding hydrogens is 329 g/mol. The molecule has 0 atom stereocenters. The van der Waals surface area contributed by atoms with Crippen molar-refractivity contribution in [1.82, 2.24) is 5.32 Å². The highest BCUT2D eigenvalue weighted by molar-refractivity contribution is 6.31. The summed E-state index contributed by atoms with van der Waals surface area (Å²) in [5.41, 5.74) is 2.22. The number of hydrogen-bond donors (Lipinski definition) is 1. The lowest BCUT2D eigenvalue weighted by molar-refractivity contribution is -0.120. The standard InChI is InChI=1S/C19H21ClFNO2/c1-13(2)24-12-15-7-4-3-6-14(15)11-22-19(23)10-16-17(20)8-5-9-18(16)21/h3-9,13H,10-12H2,1-2H3,(H,22,23). The molecule has 0 aliphatic carbocycles. The lowest BCUT2D eigenvalue weighted by atomic mass is 10.1. The van der Waals surface area contributed by atoms with Gasteiger partial charge in [-0.3, -0.25) is 4.79 Å². The summed E-state index contributed by atoms with van der Waals surface area (Å²) in [7, 11) is 0. The van der Waals surface area contributed by atoms with E-state index in [1.165, 1.54) is 12.1 Å². The zero-order valence-electron chi connectivity index (χ0n) is 13.8. The largest absolute Gasteiger partial charge is 0.374 e. The molecule has 24 heavy (non-hydrogen) atoms. The minimum absolute atomic E-state index is 0.0871. The van der Waals surface area contributed by atoms with Crippen molar-refractivity contribution in [3.63, 3.8) is 0 Å². The Bertz CT molecular complexity index is 683. The third-order valence-electron chi connectivity index (χ3n) is 3.57. The Balaban J connectivity index is 1.97. The fourth-order valence-corrected chi connectivity index (χ4v) is 2.48. The Morgan fingerprint density at radius 3 is 2.54 bits per heavy atom. The molecule has 0 aromatic heterocycles. The number of halogens is 2. The van der Waals surface area contributed by atoms with E-state index in [2.05, 4.69) is 5.32 Å². The highest BCUT2D eigenvalue weighted by Gasteiger charge is 2.12. The number of hydrogen-bond acceptors (Lipinski definition) is 2. The molecule has 0 saturated carbocycles. The Morgan fingerprint density at radius 2 is 1.88 bits per heavy atom. The van der Waals surface area contributed by atoms with Gasteiger partial charge in [-0.25, -0.2) is 4.39 Å². The molecule has 0 spiro atoms. The van der Waals surface area contributed by atoms with Crippen molar-refractivity contribution < 1.29 is 13.9 Å². The molecule has 0 bridgehead atoms. The second-order valence-corrected chi connectivity index (χ2v) is 6.19. The molecule has 0 aliphatic heterocycles. The SMILES string of the molecule is CC(C)OCc1ccccc1CNC(=O)Cc1c(F)cccc1Cl. The van der Waals surface area contributed by atoms with Crippen LogP contribution in [-0.2, 0) is 29.1 Å². The molecular formula is C19H21ClFNO2. The number of nitrogens with one attached hydrogen (secondary N) is 1. The number of amides is 1. The smallest absolute Gasteiger partial charge is 0.224 e. The highest BCUT2D eigenvalue weighted by atomic mass is 35.5. The molecule has 0 aliphatic rings. The monoisotopic (exact) mass is 349 g/mol. The van der Waals surface area contributed by atoms with Crippen molar-refractivity contribution in [2.24, 2.45) is 0 Å². The summed E-state index contributed by atoms with van der Waals surface area (Å²) in [5, 5.41) is 3.07. The van der Waals surface area contributed by atoms with Crippen molar-refractivity contribution >= 4 is 17.5 Å². The van der Waals surface area contributed by atoms with E-state index in [1.54, 1.807) is 6.07 Å². The van der Waals surface area contributed by atoms with E-state index in [1.807, 2.05) is 38.1 Å². The van der Waals surface area contributed by atoms with Gasteiger partial charge in [0, 0.05) is 17.1 Å². The molecule has 0 unspecified atom stereocenters. The number of benzene rings is 2. The summed E-state index contributed by atoms with van der Waals surface area (Å²) in [4.78, 5) is 12.1. The van der Waals surface area contributed by atoms with Crippen LogP contribution >= 0.6 is 11.6 Å². The molecule has 5 heteroatoms. The first-order chi connectivity index (χ1) is 11.5. The van der Waals surface area contributed by atoms with Crippen LogP contribution in [0, 0.1) is 5.82 Å². The summed E-state index contributed by atoms with van der Waals surface area (Å²) in [6.07, 6.45) is 0.0479. The van der Waals surface area contributed by atoms with Crippen molar-refractivity contribution in [2.45, 2.75) is 39.5 Å². The lowest BCUT2D eigenvalue weighted by Gasteiger charge is -2.13. The molecule has 2 rings (SSSR count). The van der Waals surface area contributed by atoms with Crippen LogP contribution in [0.1, 0.15) is 30.5 Å². The van der Waals surface area contributed by atoms with Crippen molar-refractivity contribution in [1.29, 1.82) is 0 Å². The van der Waals surface area contributed by atoms with Crippen LogP contribution in [-0.4, -0.2) is 12.0 Å². The Labute approximate surface area is 146 Å². The molecule has 0 saturated heterocycles. The van der Waals surface area contributed by atoms with Gasteiger partial charge in [0.05, 0.1) is 19.1 Å². The molecule has 3 nitrogen and oxygen atoms in total. The molecule has 0 fully saturated rings. The van der Waals surface area contributed by atoms with Crippen LogP contribution in [0.25, 0.3) is 0 Å². The molecule has 128 valence electrons. The zero-order valence-corrected chi connectivity index (χ0v) is 14.6. The minimum atomic E-state index is -0.469. The quantitative estimate of drug-likeness (QED) is 0.811. The van der Waals surface area contributed by atoms with Crippen LogP contribution in [0.4, 0.5) is 4.39 Å². The second kappa shape index (κ2) is 8.81.